The molecule has 0 bridgehead atoms. The number of imidazole rings is 1. The highest BCUT2D eigenvalue weighted by Crippen LogP contribution is 2.31. The second-order valence-corrected chi connectivity index (χ2v) is 5.99. The molecule has 0 aliphatic rings. The molecule has 98 valence electrons. The number of benzene rings is 1. The Morgan fingerprint density at radius 1 is 1.11 bits per heavy atom. The molecule has 0 fully saturated rings. The van der Waals surface area contributed by atoms with Gasteiger partial charge in [-0.15, -0.1) is 0 Å². The van der Waals surface area contributed by atoms with E-state index in [0.717, 1.165) is 16.6 Å². The predicted octanol–water partition coefficient (Wildman–Crippen LogP) is 1.92. The van der Waals surface area contributed by atoms with Gasteiger partial charge < -0.3 is 5.73 Å². The van der Waals surface area contributed by atoms with Crippen molar-refractivity contribution in [3.05, 3.63) is 34.2 Å². The lowest BCUT2D eigenvalue weighted by atomic mass is 9.83. The number of nitrogens with zero attached hydrogens (tertiary/aromatic N) is 2. The molecule has 1 aromatic carbocycles. The van der Waals surface area contributed by atoms with E-state index in [0.29, 0.717) is 0 Å². The quantitative estimate of drug-likeness (QED) is 0.837. The van der Waals surface area contributed by atoms with Crippen LogP contribution >= 0.6 is 0 Å². The SMILES string of the molecule is Cn1c(=O)n(C)c2cc(C(N)C(C)(C)C)ccc21. The molecule has 0 saturated carbocycles. The van der Waals surface area contributed by atoms with E-state index in [1.807, 2.05) is 18.2 Å². The molecular formula is C14H21N3O. The number of nitrogens with two attached hydrogens (primary N) is 1. The van der Waals surface area contributed by atoms with Crippen molar-refractivity contribution in [3.8, 4) is 0 Å². The molecule has 2 N–H and O–H groups in total. The normalized spacial score (nSPS) is 14.1. The number of aromatic nitrogens is 2. The van der Waals surface area contributed by atoms with Crippen molar-refractivity contribution in [1.29, 1.82) is 0 Å². The van der Waals surface area contributed by atoms with Gasteiger partial charge in [0.2, 0.25) is 0 Å². The van der Waals surface area contributed by atoms with Crippen LogP contribution in [0.4, 0.5) is 0 Å². The summed E-state index contributed by atoms with van der Waals surface area (Å²) in [6.45, 7) is 6.35. The lowest BCUT2D eigenvalue weighted by molar-refractivity contribution is 0.327. The van der Waals surface area contributed by atoms with Crippen molar-refractivity contribution in [2.75, 3.05) is 0 Å². The molecule has 0 aliphatic carbocycles. The zero-order chi connectivity index (χ0) is 13.7. The molecule has 1 atom stereocenters. The van der Waals surface area contributed by atoms with Crippen LogP contribution in [0.15, 0.2) is 23.0 Å². The van der Waals surface area contributed by atoms with Crippen molar-refractivity contribution in [2.24, 2.45) is 25.2 Å². The first-order valence-electron chi connectivity index (χ1n) is 6.14. The van der Waals surface area contributed by atoms with Gasteiger partial charge in [0.05, 0.1) is 11.0 Å². The molecule has 0 saturated heterocycles. The molecule has 0 spiro atoms. The lowest BCUT2D eigenvalue weighted by Crippen LogP contribution is -2.26. The highest BCUT2D eigenvalue weighted by Gasteiger charge is 2.23. The summed E-state index contributed by atoms with van der Waals surface area (Å²) in [5, 5.41) is 0. The summed E-state index contributed by atoms with van der Waals surface area (Å²) in [6.07, 6.45) is 0. The second kappa shape index (κ2) is 3.99. The Labute approximate surface area is 107 Å². The fraction of sp³-hybridized carbons (Fsp3) is 0.500. The Balaban J connectivity index is 2.65. The van der Waals surface area contributed by atoms with Crippen molar-refractivity contribution in [2.45, 2.75) is 26.8 Å². The van der Waals surface area contributed by atoms with E-state index >= 15 is 0 Å². The van der Waals surface area contributed by atoms with Crippen LogP contribution in [0.1, 0.15) is 32.4 Å². The van der Waals surface area contributed by atoms with E-state index in [2.05, 4.69) is 20.8 Å². The average molecular weight is 247 g/mol. The third-order valence-electron chi connectivity index (χ3n) is 3.59. The Morgan fingerprint density at radius 3 is 2.22 bits per heavy atom. The van der Waals surface area contributed by atoms with Crippen LogP contribution in [0.5, 0.6) is 0 Å². The largest absolute Gasteiger partial charge is 0.328 e. The van der Waals surface area contributed by atoms with Crippen LogP contribution in [0.25, 0.3) is 11.0 Å². The summed E-state index contributed by atoms with van der Waals surface area (Å²) >= 11 is 0. The Morgan fingerprint density at radius 2 is 1.67 bits per heavy atom. The monoisotopic (exact) mass is 247 g/mol. The number of aryl methyl sites for hydroxylation is 2. The summed E-state index contributed by atoms with van der Waals surface area (Å²) in [7, 11) is 3.57. The van der Waals surface area contributed by atoms with E-state index in [4.69, 9.17) is 5.73 Å². The fourth-order valence-corrected chi connectivity index (χ4v) is 2.22. The third kappa shape index (κ3) is 1.86. The first-order valence-corrected chi connectivity index (χ1v) is 6.14. The van der Waals surface area contributed by atoms with Crippen molar-refractivity contribution >= 4 is 11.0 Å². The number of rotatable bonds is 1. The van der Waals surface area contributed by atoms with Crippen LogP contribution in [0, 0.1) is 5.41 Å². The number of hydrogen-bond acceptors (Lipinski definition) is 2. The predicted molar refractivity (Wildman–Crippen MR) is 74.5 cm³/mol. The third-order valence-corrected chi connectivity index (χ3v) is 3.59. The van der Waals surface area contributed by atoms with Gasteiger partial charge in [-0.1, -0.05) is 26.8 Å². The molecule has 4 nitrogen and oxygen atoms in total. The summed E-state index contributed by atoms with van der Waals surface area (Å²) in [5.74, 6) is 0. The minimum atomic E-state index is -0.0443. The molecule has 0 aliphatic heterocycles. The molecule has 2 rings (SSSR count). The maximum Gasteiger partial charge on any atom is 0.328 e. The molecule has 4 heteroatoms. The highest BCUT2D eigenvalue weighted by molar-refractivity contribution is 5.77. The van der Waals surface area contributed by atoms with Crippen molar-refractivity contribution in [3.63, 3.8) is 0 Å². The molecule has 2 aromatic rings. The van der Waals surface area contributed by atoms with E-state index < -0.39 is 0 Å². The van der Waals surface area contributed by atoms with Gasteiger partial charge >= 0.3 is 5.69 Å². The second-order valence-electron chi connectivity index (χ2n) is 5.99. The molecule has 18 heavy (non-hydrogen) atoms. The molecule has 1 aromatic heterocycles. The Kier molecular flexibility index (Phi) is 2.86. The van der Waals surface area contributed by atoms with Gasteiger partial charge in [0, 0.05) is 20.1 Å². The summed E-state index contributed by atoms with van der Waals surface area (Å²) < 4.78 is 3.32. The van der Waals surface area contributed by atoms with Gasteiger partial charge in [-0.3, -0.25) is 9.13 Å². The van der Waals surface area contributed by atoms with Crippen molar-refractivity contribution in [1.82, 2.24) is 9.13 Å². The van der Waals surface area contributed by atoms with Gasteiger partial charge in [0.15, 0.2) is 0 Å². The topological polar surface area (TPSA) is 53.0 Å². The maximum absolute atomic E-state index is 11.9. The van der Waals surface area contributed by atoms with Gasteiger partial charge in [-0.2, -0.15) is 0 Å². The zero-order valence-corrected chi connectivity index (χ0v) is 11.7. The van der Waals surface area contributed by atoms with Gasteiger partial charge in [-0.25, -0.2) is 4.79 Å². The Hall–Kier alpha value is -1.55. The highest BCUT2D eigenvalue weighted by atomic mass is 16.1. The van der Waals surface area contributed by atoms with Crippen molar-refractivity contribution < 1.29 is 0 Å². The summed E-state index contributed by atoms with van der Waals surface area (Å²) in [5.41, 5.74) is 9.19. The zero-order valence-electron chi connectivity index (χ0n) is 11.7. The summed E-state index contributed by atoms with van der Waals surface area (Å²) in [6, 6.07) is 5.96. The number of fused-ring (bicyclic) bond motifs is 1. The maximum atomic E-state index is 11.9. The first-order chi connectivity index (χ1) is 8.23. The standard InChI is InChI=1S/C14H21N3O/c1-14(2,3)12(15)9-6-7-10-11(8-9)17(5)13(18)16(10)4/h6-8,12H,15H2,1-5H3. The van der Waals surface area contributed by atoms with E-state index in [1.165, 1.54) is 0 Å². The van der Waals surface area contributed by atoms with Gasteiger partial charge in [-0.05, 0) is 23.1 Å². The smallest absolute Gasteiger partial charge is 0.324 e. The molecule has 0 amide bonds. The molecule has 0 radical (unpaired) electrons. The van der Waals surface area contributed by atoms with Crippen LogP contribution in [-0.4, -0.2) is 9.13 Å². The summed E-state index contributed by atoms with van der Waals surface area (Å²) in [4.78, 5) is 11.9. The number of hydrogen-bond donors (Lipinski definition) is 1. The minimum absolute atomic E-state index is 0.00131. The fourth-order valence-electron chi connectivity index (χ4n) is 2.22. The molecule has 1 unspecified atom stereocenters. The average Bonchev–Trinajstić information content (AvgIpc) is 2.52. The Bertz CT molecular complexity index is 643. The minimum Gasteiger partial charge on any atom is -0.324 e. The van der Waals surface area contributed by atoms with Crippen LogP contribution < -0.4 is 11.4 Å². The van der Waals surface area contributed by atoms with Gasteiger partial charge in [0.1, 0.15) is 0 Å². The van der Waals surface area contributed by atoms with Crippen LogP contribution in [-0.2, 0) is 14.1 Å². The van der Waals surface area contributed by atoms with E-state index in [-0.39, 0.29) is 17.1 Å². The lowest BCUT2D eigenvalue weighted by Gasteiger charge is -2.27. The van der Waals surface area contributed by atoms with E-state index in [9.17, 15) is 4.79 Å². The first kappa shape index (κ1) is 12.9. The van der Waals surface area contributed by atoms with Crippen LogP contribution in [0.3, 0.4) is 0 Å². The van der Waals surface area contributed by atoms with Crippen LogP contribution in [0.2, 0.25) is 0 Å². The molecular weight excluding hydrogens is 226 g/mol. The molecule has 1 heterocycles. The van der Waals surface area contributed by atoms with Gasteiger partial charge in [0.25, 0.3) is 0 Å². The van der Waals surface area contributed by atoms with E-state index in [1.54, 1.807) is 23.2 Å².